The van der Waals surface area contributed by atoms with Gasteiger partial charge in [-0.2, -0.15) is 0 Å². The highest BCUT2D eigenvalue weighted by molar-refractivity contribution is 5.76. The van der Waals surface area contributed by atoms with E-state index in [0.717, 1.165) is 51.4 Å². The average molecular weight is 1170 g/mol. The Morgan fingerprint density at radius 3 is 1.10 bits per heavy atom. The molecule has 1 rings (SSSR count). The Morgan fingerprint density at radius 1 is 0.410 bits per heavy atom. The topological polar surface area (TPSA) is 149 Å². The van der Waals surface area contributed by atoms with Crippen molar-refractivity contribution in [2.75, 3.05) is 13.2 Å². The summed E-state index contributed by atoms with van der Waals surface area (Å²) in [5.41, 5.74) is 0. The van der Waals surface area contributed by atoms with Gasteiger partial charge in [-0.15, -0.1) is 0 Å². The fourth-order valence-electron chi connectivity index (χ4n) is 11.4. The van der Waals surface area contributed by atoms with E-state index in [1.54, 1.807) is 6.08 Å². The number of nitrogens with one attached hydrogen (secondary N) is 1. The number of amides is 1. The number of ether oxygens (including phenoxy) is 2. The van der Waals surface area contributed by atoms with Crippen molar-refractivity contribution in [3.05, 3.63) is 60.8 Å². The Labute approximate surface area is 513 Å². The average Bonchev–Trinajstić information content (AvgIpc) is 3.60. The minimum absolute atomic E-state index is 0.181. The van der Waals surface area contributed by atoms with E-state index < -0.39 is 49.5 Å². The number of hydrogen-bond acceptors (Lipinski definition) is 8. The van der Waals surface area contributed by atoms with Crippen molar-refractivity contribution in [2.24, 2.45) is 0 Å². The van der Waals surface area contributed by atoms with Crippen LogP contribution in [0, 0.1) is 0 Å². The SMILES string of the molecule is CCCCCCC/C=C\C/C=C\C/C=C\CCCCCCCCCCCCCCCCCCCCCCC(=O)NC(COC1OC(CO)C(O)C(O)C1O)C(O)/C=C/CC/C=C/CCCCCCCCCCCCCCCCCCCCC. The molecule has 1 heterocycles. The van der Waals surface area contributed by atoms with Crippen molar-refractivity contribution in [1.29, 1.82) is 0 Å². The monoisotopic (exact) mass is 1170 g/mol. The van der Waals surface area contributed by atoms with E-state index in [0.29, 0.717) is 6.42 Å². The second kappa shape index (κ2) is 62.9. The van der Waals surface area contributed by atoms with Crippen LogP contribution < -0.4 is 5.32 Å². The normalized spacial score (nSPS) is 18.6. The van der Waals surface area contributed by atoms with Gasteiger partial charge in [-0.1, -0.05) is 331 Å². The fraction of sp³-hybridized carbons (Fsp3) is 0.851. The summed E-state index contributed by atoms with van der Waals surface area (Å²) in [7, 11) is 0. The third kappa shape index (κ3) is 51.6. The number of aliphatic hydroxyl groups excluding tert-OH is 5. The molecule has 83 heavy (non-hydrogen) atoms. The molecule has 1 fully saturated rings. The molecule has 486 valence electrons. The van der Waals surface area contributed by atoms with Gasteiger partial charge in [0.15, 0.2) is 6.29 Å². The Kier molecular flexibility index (Phi) is 59.8. The third-order valence-electron chi connectivity index (χ3n) is 17.1. The summed E-state index contributed by atoms with van der Waals surface area (Å²) in [4.78, 5) is 13.1. The first-order chi connectivity index (χ1) is 40.8. The molecule has 1 saturated heterocycles. The highest BCUT2D eigenvalue weighted by Crippen LogP contribution is 2.23. The lowest BCUT2D eigenvalue weighted by molar-refractivity contribution is -0.302. The lowest BCUT2D eigenvalue weighted by Gasteiger charge is -2.40. The number of carbonyl (C=O) groups excluding carboxylic acids is 1. The van der Waals surface area contributed by atoms with Gasteiger partial charge in [0.2, 0.25) is 5.91 Å². The Hall–Kier alpha value is -2.11. The first-order valence-electron chi connectivity index (χ1n) is 36.0. The molecular weight excluding hydrogens is 1030 g/mol. The van der Waals surface area contributed by atoms with Gasteiger partial charge in [0.05, 0.1) is 25.4 Å². The van der Waals surface area contributed by atoms with Crippen molar-refractivity contribution in [1.82, 2.24) is 5.32 Å². The molecule has 7 unspecified atom stereocenters. The molecule has 9 heteroatoms. The Morgan fingerprint density at radius 2 is 0.723 bits per heavy atom. The molecule has 0 saturated carbocycles. The number of rotatable bonds is 63. The van der Waals surface area contributed by atoms with Gasteiger partial charge in [0.25, 0.3) is 0 Å². The van der Waals surface area contributed by atoms with E-state index in [4.69, 9.17) is 9.47 Å². The quantitative estimate of drug-likeness (QED) is 0.0261. The predicted octanol–water partition coefficient (Wildman–Crippen LogP) is 19.8. The van der Waals surface area contributed by atoms with Crippen molar-refractivity contribution < 1.29 is 39.8 Å². The molecule has 0 radical (unpaired) electrons. The molecule has 1 amide bonds. The zero-order valence-electron chi connectivity index (χ0n) is 54.5. The van der Waals surface area contributed by atoms with Crippen LogP contribution in [0.3, 0.4) is 0 Å². The highest BCUT2D eigenvalue weighted by atomic mass is 16.7. The van der Waals surface area contributed by atoms with E-state index in [2.05, 4.69) is 67.8 Å². The summed E-state index contributed by atoms with van der Waals surface area (Å²) in [5.74, 6) is -0.181. The molecule has 0 bridgehead atoms. The smallest absolute Gasteiger partial charge is 0.220 e. The van der Waals surface area contributed by atoms with E-state index in [9.17, 15) is 30.3 Å². The first-order valence-corrected chi connectivity index (χ1v) is 36.0. The van der Waals surface area contributed by atoms with Gasteiger partial charge in [-0.05, 0) is 70.6 Å². The zero-order valence-corrected chi connectivity index (χ0v) is 54.5. The van der Waals surface area contributed by atoms with Gasteiger partial charge in [-0.3, -0.25) is 4.79 Å². The van der Waals surface area contributed by atoms with Crippen LogP contribution in [0.15, 0.2) is 60.8 Å². The van der Waals surface area contributed by atoms with Crippen LogP contribution in [0.5, 0.6) is 0 Å². The maximum Gasteiger partial charge on any atom is 0.220 e. The second-order valence-electron chi connectivity index (χ2n) is 25.0. The second-order valence-corrected chi connectivity index (χ2v) is 25.0. The van der Waals surface area contributed by atoms with E-state index in [1.165, 1.54) is 276 Å². The van der Waals surface area contributed by atoms with Crippen LogP contribution in [0.4, 0.5) is 0 Å². The summed E-state index contributed by atoms with van der Waals surface area (Å²) in [6, 6.07) is -0.824. The molecule has 0 spiro atoms. The van der Waals surface area contributed by atoms with Crippen LogP contribution in [0.25, 0.3) is 0 Å². The lowest BCUT2D eigenvalue weighted by atomic mass is 9.99. The number of aliphatic hydroxyl groups is 5. The zero-order chi connectivity index (χ0) is 60.0. The molecule has 6 N–H and O–H groups in total. The maximum absolute atomic E-state index is 13.1. The summed E-state index contributed by atoms with van der Waals surface area (Å²) in [6.45, 7) is 3.80. The van der Waals surface area contributed by atoms with Gasteiger partial charge >= 0.3 is 0 Å². The van der Waals surface area contributed by atoms with Gasteiger partial charge in [0.1, 0.15) is 24.4 Å². The number of carbonyl (C=O) groups is 1. The van der Waals surface area contributed by atoms with Crippen LogP contribution >= 0.6 is 0 Å². The third-order valence-corrected chi connectivity index (χ3v) is 17.1. The molecule has 0 aromatic heterocycles. The van der Waals surface area contributed by atoms with E-state index >= 15 is 0 Å². The minimum atomic E-state index is -1.57. The lowest BCUT2D eigenvalue weighted by Crippen LogP contribution is -2.60. The maximum atomic E-state index is 13.1. The van der Waals surface area contributed by atoms with Gasteiger partial charge in [-0.25, -0.2) is 0 Å². The summed E-state index contributed by atoms with van der Waals surface area (Å²) in [5, 5.41) is 54.8. The molecule has 1 aliphatic rings. The minimum Gasteiger partial charge on any atom is -0.394 e. The standard InChI is InChI=1S/C74H137NO8/c1-3-5-7-9-11-13-15-17-19-21-23-25-27-29-30-31-32-33-34-35-36-37-38-40-42-44-46-48-50-52-54-56-58-60-62-64-70(78)75-67(66-82-74-73(81)72(80)71(79)69(65-76)83-74)68(77)63-61-59-57-55-53-51-49-47-45-43-41-39-28-26-24-22-20-18-16-14-12-10-8-6-4-2/h15,17,21,23,27,29,53,55,61,63,67-69,71-74,76-77,79-81H,3-14,16,18-20,22,24-26,28,30-52,54,56-60,62,64-66H2,1-2H3,(H,75,78)/b17-15-,23-21-,29-27-,55-53+,63-61+. The largest absolute Gasteiger partial charge is 0.394 e. The molecule has 0 aliphatic carbocycles. The number of allylic oxidation sites excluding steroid dienone is 9. The van der Waals surface area contributed by atoms with Crippen LogP contribution in [0.2, 0.25) is 0 Å². The first kappa shape index (κ1) is 78.9. The molecule has 0 aromatic rings. The van der Waals surface area contributed by atoms with Gasteiger partial charge < -0.3 is 40.3 Å². The predicted molar refractivity (Wildman–Crippen MR) is 355 cm³/mol. The summed E-state index contributed by atoms with van der Waals surface area (Å²) < 4.78 is 11.3. The van der Waals surface area contributed by atoms with Gasteiger partial charge in [0, 0.05) is 6.42 Å². The summed E-state index contributed by atoms with van der Waals surface area (Å²) >= 11 is 0. The molecule has 7 atom stereocenters. The Bertz CT molecular complexity index is 1500. The fourth-order valence-corrected chi connectivity index (χ4v) is 11.4. The van der Waals surface area contributed by atoms with Crippen molar-refractivity contribution >= 4 is 5.91 Å². The molecule has 0 aromatic carbocycles. The van der Waals surface area contributed by atoms with E-state index in [-0.39, 0.29) is 12.5 Å². The van der Waals surface area contributed by atoms with Crippen molar-refractivity contribution in [3.63, 3.8) is 0 Å². The number of hydrogen-bond donors (Lipinski definition) is 6. The van der Waals surface area contributed by atoms with Crippen LogP contribution in [-0.2, 0) is 14.3 Å². The molecule has 9 nitrogen and oxygen atoms in total. The van der Waals surface area contributed by atoms with Crippen molar-refractivity contribution in [3.8, 4) is 0 Å². The molecule has 1 aliphatic heterocycles. The highest BCUT2D eigenvalue weighted by Gasteiger charge is 2.44. The van der Waals surface area contributed by atoms with E-state index in [1.807, 2.05) is 6.08 Å². The number of unbranched alkanes of at least 4 members (excludes halogenated alkanes) is 45. The van der Waals surface area contributed by atoms with Crippen LogP contribution in [0.1, 0.15) is 348 Å². The van der Waals surface area contributed by atoms with Crippen molar-refractivity contribution in [2.45, 2.75) is 391 Å². The Balaban J connectivity index is 2.12. The molecular formula is C74H137NO8. The summed E-state index contributed by atoms with van der Waals surface area (Å²) in [6.07, 6.45) is 80.5. The van der Waals surface area contributed by atoms with Crippen LogP contribution in [-0.4, -0.2) is 87.5 Å².